The molecule has 3 aliphatic rings. The van der Waals surface area contributed by atoms with Gasteiger partial charge in [-0.3, -0.25) is 9.59 Å². The third-order valence-corrected chi connectivity index (χ3v) is 7.68. The second-order valence-electron chi connectivity index (χ2n) is 9.08. The Hall–Kier alpha value is -2.80. The first-order valence-electron chi connectivity index (χ1n) is 11.5. The number of carbonyl (C=O) groups is 2. The summed E-state index contributed by atoms with van der Waals surface area (Å²) in [5.41, 5.74) is 3.06. The highest BCUT2D eigenvalue weighted by molar-refractivity contribution is 7.10. The van der Waals surface area contributed by atoms with E-state index in [-0.39, 0.29) is 17.2 Å². The van der Waals surface area contributed by atoms with E-state index in [2.05, 4.69) is 27.4 Å². The molecule has 0 radical (unpaired) electrons. The van der Waals surface area contributed by atoms with Crippen molar-refractivity contribution in [3.63, 3.8) is 0 Å². The molecule has 6 nitrogen and oxygen atoms in total. The number of nitrogens with zero attached hydrogens (tertiary/aromatic N) is 3. The maximum Gasteiger partial charge on any atom is 0.246 e. The van der Waals surface area contributed by atoms with Gasteiger partial charge in [0, 0.05) is 36.9 Å². The Morgan fingerprint density at radius 1 is 1.16 bits per heavy atom. The molecule has 2 fully saturated rings. The van der Waals surface area contributed by atoms with E-state index in [0.717, 1.165) is 74.2 Å². The molecule has 1 spiro atoms. The van der Waals surface area contributed by atoms with Gasteiger partial charge in [0.2, 0.25) is 11.8 Å². The number of nitrogens with one attached hydrogen (secondary N) is 1. The van der Waals surface area contributed by atoms with E-state index in [1.54, 1.807) is 23.6 Å². The predicted octanol–water partition coefficient (Wildman–Crippen LogP) is 4.70. The average Bonchev–Trinajstić information content (AvgIpc) is 3.32. The van der Waals surface area contributed by atoms with Gasteiger partial charge in [-0.2, -0.15) is 0 Å². The molecule has 0 unspecified atom stereocenters. The first-order valence-corrected chi connectivity index (χ1v) is 12.4. The summed E-state index contributed by atoms with van der Waals surface area (Å²) in [4.78, 5) is 36.1. The van der Waals surface area contributed by atoms with Crippen molar-refractivity contribution in [2.45, 2.75) is 51.4 Å². The third kappa shape index (κ3) is 4.39. The summed E-state index contributed by atoms with van der Waals surface area (Å²) in [6.07, 6.45) is 17.1. The molecule has 7 heteroatoms. The Kier molecular flexibility index (Phi) is 5.91. The Labute approximate surface area is 192 Å². The third-order valence-electron chi connectivity index (χ3n) is 6.96. The molecule has 1 aliphatic carbocycles. The number of rotatable bonds is 3. The van der Waals surface area contributed by atoms with Gasteiger partial charge >= 0.3 is 0 Å². The van der Waals surface area contributed by atoms with E-state index in [0.29, 0.717) is 5.82 Å². The summed E-state index contributed by atoms with van der Waals surface area (Å²) in [6, 6.07) is 2.08. The normalized spacial score (nSPS) is 20.3. The van der Waals surface area contributed by atoms with Crippen LogP contribution in [0.25, 0.3) is 12.2 Å². The lowest BCUT2D eigenvalue weighted by Crippen LogP contribution is -2.43. The molecule has 4 heterocycles. The van der Waals surface area contributed by atoms with Crippen LogP contribution in [0.2, 0.25) is 0 Å². The van der Waals surface area contributed by atoms with Gasteiger partial charge in [-0.05, 0) is 61.4 Å². The second kappa shape index (κ2) is 8.98. The zero-order valence-corrected chi connectivity index (χ0v) is 19.0. The highest BCUT2D eigenvalue weighted by Gasteiger charge is 2.43. The molecule has 2 aromatic rings. The highest BCUT2D eigenvalue weighted by atomic mass is 32.1. The molecule has 5 rings (SSSR count). The number of piperidine rings is 1. The van der Waals surface area contributed by atoms with Crippen molar-refractivity contribution in [3.8, 4) is 0 Å². The van der Waals surface area contributed by atoms with Gasteiger partial charge in [-0.15, -0.1) is 11.3 Å². The van der Waals surface area contributed by atoms with Gasteiger partial charge in [0.1, 0.15) is 10.8 Å². The van der Waals surface area contributed by atoms with Crippen LogP contribution in [0.4, 0.5) is 5.82 Å². The van der Waals surface area contributed by atoms with Gasteiger partial charge in [-0.1, -0.05) is 24.8 Å². The predicted molar refractivity (Wildman–Crippen MR) is 127 cm³/mol. The minimum atomic E-state index is -0.275. The number of carbonyl (C=O) groups excluding carboxylic acids is 2. The number of hydrogen-bond acceptors (Lipinski definition) is 5. The fraction of sp³-hybridized carbons (Fsp3) is 0.440. The van der Waals surface area contributed by atoms with Crippen LogP contribution in [-0.2, 0) is 16.0 Å². The van der Waals surface area contributed by atoms with Crippen LogP contribution >= 0.6 is 11.3 Å². The SMILES string of the molecule is O=C(/C=C/c1cnc2c(c1)CC1(CCCCC1)C(=O)N2)N1CCC(=Cc2nccs2)CC1. The summed E-state index contributed by atoms with van der Waals surface area (Å²) in [5, 5.41) is 6.04. The van der Waals surface area contributed by atoms with Crippen LogP contribution in [0.15, 0.2) is 35.5 Å². The Morgan fingerprint density at radius 2 is 1.97 bits per heavy atom. The molecule has 166 valence electrons. The van der Waals surface area contributed by atoms with E-state index >= 15 is 0 Å². The molecular weight excluding hydrogens is 420 g/mol. The van der Waals surface area contributed by atoms with Crippen molar-refractivity contribution in [3.05, 3.63) is 51.6 Å². The molecular formula is C25H28N4O2S. The van der Waals surface area contributed by atoms with E-state index in [9.17, 15) is 9.59 Å². The van der Waals surface area contributed by atoms with Gasteiger partial charge in [-0.25, -0.2) is 9.97 Å². The van der Waals surface area contributed by atoms with Crippen LogP contribution in [0, 0.1) is 5.41 Å². The van der Waals surface area contributed by atoms with Crippen LogP contribution in [0.3, 0.4) is 0 Å². The monoisotopic (exact) mass is 448 g/mol. The number of anilines is 1. The zero-order valence-electron chi connectivity index (χ0n) is 18.2. The fourth-order valence-electron chi connectivity index (χ4n) is 5.10. The van der Waals surface area contributed by atoms with Crippen LogP contribution < -0.4 is 5.32 Å². The van der Waals surface area contributed by atoms with Crippen molar-refractivity contribution in [1.29, 1.82) is 0 Å². The number of likely N-dealkylation sites (tertiary alicyclic amines) is 1. The largest absolute Gasteiger partial charge is 0.339 e. The molecule has 2 amide bonds. The van der Waals surface area contributed by atoms with Gasteiger partial charge in [0.25, 0.3) is 0 Å². The molecule has 2 aliphatic heterocycles. The second-order valence-corrected chi connectivity index (χ2v) is 10.0. The van der Waals surface area contributed by atoms with Crippen molar-refractivity contribution in [2.75, 3.05) is 18.4 Å². The maximum absolute atomic E-state index is 12.7. The van der Waals surface area contributed by atoms with E-state index in [1.807, 2.05) is 22.6 Å². The minimum Gasteiger partial charge on any atom is -0.339 e. The van der Waals surface area contributed by atoms with E-state index in [1.165, 1.54) is 12.0 Å². The topological polar surface area (TPSA) is 75.2 Å². The Balaban J connectivity index is 1.22. The van der Waals surface area contributed by atoms with E-state index in [4.69, 9.17) is 0 Å². The summed E-state index contributed by atoms with van der Waals surface area (Å²) in [7, 11) is 0. The summed E-state index contributed by atoms with van der Waals surface area (Å²) in [6.45, 7) is 1.47. The van der Waals surface area contributed by atoms with Crippen LogP contribution in [0.1, 0.15) is 61.1 Å². The first kappa shape index (κ1) is 21.1. The first-order chi connectivity index (χ1) is 15.6. The number of pyridine rings is 1. The van der Waals surface area contributed by atoms with Crippen LogP contribution in [0.5, 0.6) is 0 Å². The molecule has 0 aromatic carbocycles. The number of hydrogen-bond donors (Lipinski definition) is 1. The number of aromatic nitrogens is 2. The average molecular weight is 449 g/mol. The molecule has 32 heavy (non-hydrogen) atoms. The minimum absolute atomic E-state index is 0.0353. The Morgan fingerprint density at radius 3 is 2.72 bits per heavy atom. The zero-order chi connectivity index (χ0) is 22.0. The van der Waals surface area contributed by atoms with Gasteiger partial charge < -0.3 is 10.2 Å². The van der Waals surface area contributed by atoms with Crippen molar-refractivity contribution in [2.24, 2.45) is 5.41 Å². The molecule has 0 atom stereocenters. The lowest BCUT2D eigenvalue weighted by Gasteiger charge is -2.39. The smallest absolute Gasteiger partial charge is 0.246 e. The quantitative estimate of drug-likeness (QED) is 0.691. The molecule has 2 aromatic heterocycles. The van der Waals surface area contributed by atoms with Crippen molar-refractivity contribution >= 4 is 41.1 Å². The van der Waals surface area contributed by atoms with Gasteiger partial charge in [0.15, 0.2) is 0 Å². The molecule has 1 saturated heterocycles. The van der Waals surface area contributed by atoms with Crippen molar-refractivity contribution < 1.29 is 9.59 Å². The molecule has 1 N–H and O–H groups in total. The summed E-state index contributed by atoms with van der Waals surface area (Å²) < 4.78 is 0. The van der Waals surface area contributed by atoms with Gasteiger partial charge in [0.05, 0.1) is 5.41 Å². The number of fused-ring (bicyclic) bond motifs is 1. The standard InChI is InChI=1S/C25H28N4O2S/c30-22(29-11-6-18(7-12-29)15-21-26-10-13-32-21)5-4-19-14-20-16-25(8-2-1-3-9-25)24(31)28-23(20)27-17-19/h4-5,10,13-15,17H,1-3,6-9,11-12,16H2,(H,27,28,31)/b5-4+. The number of amides is 2. The lowest BCUT2D eigenvalue weighted by atomic mass is 9.68. The number of thiazole rings is 1. The molecule has 0 bridgehead atoms. The maximum atomic E-state index is 12.7. The van der Waals surface area contributed by atoms with E-state index < -0.39 is 0 Å². The van der Waals surface area contributed by atoms with Crippen molar-refractivity contribution in [1.82, 2.24) is 14.9 Å². The summed E-state index contributed by atoms with van der Waals surface area (Å²) in [5.74, 6) is 0.836. The Bertz CT molecular complexity index is 1060. The molecule has 1 saturated carbocycles. The fourth-order valence-corrected chi connectivity index (χ4v) is 5.71. The highest BCUT2D eigenvalue weighted by Crippen LogP contribution is 2.44. The lowest BCUT2D eigenvalue weighted by molar-refractivity contribution is -0.128. The summed E-state index contributed by atoms with van der Waals surface area (Å²) >= 11 is 1.64. The van der Waals surface area contributed by atoms with Crippen LogP contribution in [-0.4, -0.2) is 39.8 Å².